The van der Waals surface area contributed by atoms with Crippen LogP contribution in [0.5, 0.6) is 0 Å². The first-order valence-electron chi connectivity index (χ1n) is 9.56. The van der Waals surface area contributed by atoms with E-state index in [1.54, 1.807) is 36.4 Å². The van der Waals surface area contributed by atoms with Crippen LogP contribution in [-0.2, 0) is 13.0 Å². The second kappa shape index (κ2) is 10.2. The van der Waals surface area contributed by atoms with Gasteiger partial charge in [-0.1, -0.05) is 48.5 Å². The van der Waals surface area contributed by atoms with E-state index in [4.69, 9.17) is 0 Å². The van der Waals surface area contributed by atoms with Crippen molar-refractivity contribution < 1.29 is 14.0 Å². The van der Waals surface area contributed by atoms with Crippen LogP contribution < -0.4 is 10.6 Å². The summed E-state index contributed by atoms with van der Waals surface area (Å²) in [5, 5.41) is 5.67. The van der Waals surface area contributed by atoms with Crippen molar-refractivity contribution in [3.05, 3.63) is 107 Å². The summed E-state index contributed by atoms with van der Waals surface area (Å²) in [5.41, 5.74) is 2.89. The SMILES string of the molecule is O=C(NCCCc1ccccc1)c1cccc(C(=O)NCc2ccc(F)cc2)c1. The minimum absolute atomic E-state index is 0.203. The second-order valence-electron chi connectivity index (χ2n) is 6.74. The molecule has 3 aromatic carbocycles. The molecule has 29 heavy (non-hydrogen) atoms. The quantitative estimate of drug-likeness (QED) is 0.569. The molecule has 0 unspecified atom stereocenters. The number of carbonyl (C=O) groups excluding carboxylic acids is 2. The molecule has 2 amide bonds. The van der Waals surface area contributed by atoms with Gasteiger partial charge in [-0.2, -0.15) is 0 Å². The van der Waals surface area contributed by atoms with E-state index < -0.39 is 0 Å². The molecule has 0 aliphatic heterocycles. The van der Waals surface area contributed by atoms with E-state index in [0.29, 0.717) is 17.7 Å². The molecule has 0 heterocycles. The number of hydrogen-bond acceptors (Lipinski definition) is 2. The van der Waals surface area contributed by atoms with Gasteiger partial charge in [0, 0.05) is 24.2 Å². The van der Waals surface area contributed by atoms with E-state index in [0.717, 1.165) is 18.4 Å². The first-order chi connectivity index (χ1) is 14.1. The molecule has 0 fully saturated rings. The minimum Gasteiger partial charge on any atom is -0.352 e. The highest BCUT2D eigenvalue weighted by molar-refractivity contribution is 5.99. The van der Waals surface area contributed by atoms with Crippen LogP contribution in [0.4, 0.5) is 4.39 Å². The third-order valence-corrected chi connectivity index (χ3v) is 4.52. The number of aryl methyl sites for hydroxylation is 1. The molecule has 0 aliphatic carbocycles. The number of benzene rings is 3. The zero-order valence-electron chi connectivity index (χ0n) is 16.0. The Morgan fingerprint density at radius 3 is 2.07 bits per heavy atom. The lowest BCUT2D eigenvalue weighted by atomic mass is 10.1. The van der Waals surface area contributed by atoms with Crippen LogP contribution in [-0.4, -0.2) is 18.4 Å². The lowest BCUT2D eigenvalue weighted by Gasteiger charge is -2.08. The Bertz CT molecular complexity index is 956. The molecule has 0 spiro atoms. The van der Waals surface area contributed by atoms with E-state index in [1.807, 2.05) is 18.2 Å². The lowest BCUT2D eigenvalue weighted by Crippen LogP contribution is -2.26. The predicted molar refractivity (Wildman–Crippen MR) is 111 cm³/mol. The number of rotatable bonds is 8. The number of amides is 2. The van der Waals surface area contributed by atoms with E-state index in [9.17, 15) is 14.0 Å². The molecule has 3 rings (SSSR count). The van der Waals surface area contributed by atoms with Crippen LogP contribution in [0, 0.1) is 5.82 Å². The molecule has 148 valence electrons. The van der Waals surface area contributed by atoms with E-state index in [1.165, 1.54) is 17.7 Å². The number of halogens is 1. The fourth-order valence-corrected chi connectivity index (χ4v) is 2.93. The number of nitrogens with one attached hydrogen (secondary N) is 2. The van der Waals surface area contributed by atoms with Gasteiger partial charge in [-0.25, -0.2) is 4.39 Å². The monoisotopic (exact) mass is 390 g/mol. The minimum atomic E-state index is -0.317. The average Bonchev–Trinajstić information content (AvgIpc) is 2.77. The maximum Gasteiger partial charge on any atom is 0.251 e. The Hall–Kier alpha value is -3.47. The van der Waals surface area contributed by atoms with Gasteiger partial charge in [-0.3, -0.25) is 9.59 Å². The van der Waals surface area contributed by atoms with Gasteiger partial charge >= 0.3 is 0 Å². The van der Waals surface area contributed by atoms with E-state index in [-0.39, 0.29) is 24.2 Å². The van der Waals surface area contributed by atoms with E-state index >= 15 is 0 Å². The summed E-state index contributed by atoms with van der Waals surface area (Å²) in [6.07, 6.45) is 1.74. The largest absolute Gasteiger partial charge is 0.352 e. The van der Waals surface area contributed by atoms with Crippen molar-refractivity contribution >= 4 is 11.8 Å². The van der Waals surface area contributed by atoms with Gasteiger partial charge in [0.15, 0.2) is 0 Å². The second-order valence-corrected chi connectivity index (χ2v) is 6.74. The van der Waals surface area contributed by atoms with Crippen LogP contribution in [0.1, 0.15) is 38.3 Å². The highest BCUT2D eigenvalue weighted by atomic mass is 19.1. The molecular weight excluding hydrogens is 367 g/mol. The van der Waals surface area contributed by atoms with Crippen LogP contribution in [0.25, 0.3) is 0 Å². The topological polar surface area (TPSA) is 58.2 Å². The Morgan fingerprint density at radius 1 is 0.724 bits per heavy atom. The van der Waals surface area contributed by atoms with Crippen molar-refractivity contribution in [1.29, 1.82) is 0 Å². The Labute approximate surface area is 169 Å². The molecule has 2 N–H and O–H groups in total. The van der Waals surface area contributed by atoms with E-state index in [2.05, 4.69) is 22.8 Å². The summed E-state index contributed by atoms with van der Waals surface area (Å²) < 4.78 is 12.9. The molecule has 4 nitrogen and oxygen atoms in total. The summed E-state index contributed by atoms with van der Waals surface area (Å²) in [6, 6.07) is 22.7. The number of hydrogen-bond donors (Lipinski definition) is 2. The van der Waals surface area contributed by atoms with Gasteiger partial charge in [-0.15, -0.1) is 0 Å². The molecule has 5 heteroatoms. The molecule has 0 aromatic heterocycles. The van der Waals surface area contributed by atoms with Crippen molar-refractivity contribution in [2.75, 3.05) is 6.54 Å². The zero-order valence-corrected chi connectivity index (χ0v) is 16.0. The molecule has 0 atom stereocenters. The number of carbonyl (C=O) groups is 2. The van der Waals surface area contributed by atoms with Crippen molar-refractivity contribution in [3.63, 3.8) is 0 Å². The van der Waals surface area contributed by atoms with Crippen molar-refractivity contribution in [2.45, 2.75) is 19.4 Å². The molecule has 0 bridgehead atoms. The fraction of sp³-hybridized carbons (Fsp3) is 0.167. The predicted octanol–water partition coefficient (Wildman–Crippen LogP) is 4.12. The fourth-order valence-electron chi connectivity index (χ4n) is 2.93. The molecular formula is C24H23FN2O2. The van der Waals surface area contributed by atoms with Crippen LogP contribution in [0.2, 0.25) is 0 Å². The summed E-state index contributed by atoms with van der Waals surface area (Å²) >= 11 is 0. The zero-order chi connectivity index (χ0) is 20.5. The Balaban J connectivity index is 1.49. The highest BCUT2D eigenvalue weighted by Gasteiger charge is 2.10. The van der Waals surface area contributed by atoms with Crippen LogP contribution in [0.3, 0.4) is 0 Å². The summed E-state index contributed by atoms with van der Waals surface area (Å²) in [4.78, 5) is 24.7. The average molecular weight is 390 g/mol. The Kier molecular flexibility index (Phi) is 7.11. The normalized spacial score (nSPS) is 10.4. The van der Waals surface area contributed by atoms with Gasteiger partial charge in [0.2, 0.25) is 0 Å². The molecule has 0 aliphatic rings. The smallest absolute Gasteiger partial charge is 0.251 e. The van der Waals surface area contributed by atoms with Gasteiger partial charge in [0.25, 0.3) is 11.8 Å². The van der Waals surface area contributed by atoms with Crippen molar-refractivity contribution in [3.8, 4) is 0 Å². The molecule has 0 radical (unpaired) electrons. The lowest BCUT2D eigenvalue weighted by molar-refractivity contribution is 0.0950. The van der Waals surface area contributed by atoms with Gasteiger partial charge in [0.05, 0.1) is 0 Å². The van der Waals surface area contributed by atoms with Crippen molar-refractivity contribution in [2.24, 2.45) is 0 Å². The van der Waals surface area contributed by atoms with Gasteiger partial charge in [0.1, 0.15) is 5.82 Å². The molecule has 3 aromatic rings. The van der Waals surface area contributed by atoms with Crippen LogP contribution >= 0.6 is 0 Å². The summed E-state index contributed by atoms with van der Waals surface area (Å²) in [6.45, 7) is 0.851. The maximum atomic E-state index is 12.9. The van der Waals surface area contributed by atoms with Gasteiger partial charge < -0.3 is 10.6 Å². The standard InChI is InChI=1S/C24H23FN2O2/c25-22-13-11-19(12-14-22)17-27-24(29)21-10-4-9-20(16-21)23(28)26-15-5-8-18-6-2-1-3-7-18/h1-4,6-7,9-14,16H,5,8,15,17H2,(H,26,28)(H,27,29). The first-order valence-corrected chi connectivity index (χ1v) is 9.56. The summed E-state index contributed by atoms with van der Waals surface area (Å²) in [7, 11) is 0. The third-order valence-electron chi connectivity index (χ3n) is 4.52. The molecule has 0 saturated carbocycles. The maximum absolute atomic E-state index is 12.9. The summed E-state index contributed by atoms with van der Waals surface area (Å²) in [5.74, 6) is -0.804. The Morgan fingerprint density at radius 2 is 1.38 bits per heavy atom. The first kappa shape index (κ1) is 20.3. The van der Waals surface area contributed by atoms with Crippen LogP contribution in [0.15, 0.2) is 78.9 Å². The van der Waals surface area contributed by atoms with Gasteiger partial charge in [-0.05, 0) is 54.3 Å². The highest BCUT2D eigenvalue weighted by Crippen LogP contribution is 2.08. The molecule has 0 saturated heterocycles. The third kappa shape index (κ3) is 6.28. The van der Waals surface area contributed by atoms with Crippen molar-refractivity contribution in [1.82, 2.24) is 10.6 Å².